The summed E-state index contributed by atoms with van der Waals surface area (Å²) in [6, 6.07) is 0. The molecule has 13 heteroatoms. The Hall–Kier alpha value is -1.45. The van der Waals surface area contributed by atoms with Crippen LogP contribution in [-0.2, 0) is 19.1 Å². The highest BCUT2D eigenvalue weighted by Crippen LogP contribution is 2.33. The molecule has 12 nitrogen and oxygen atoms in total. The van der Waals surface area contributed by atoms with Gasteiger partial charge in [0.25, 0.3) is 0 Å². The van der Waals surface area contributed by atoms with E-state index in [1.807, 2.05) is 0 Å². The molecule has 8 N–H and O–H groups in total. The summed E-state index contributed by atoms with van der Waals surface area (Å²) in [4.78, 5) is 25.9. The zero-order chi connectivity index (χ0) is 35.9. The lowest BCUT2D eigenvalue weighted by Crippen LogP contribution is -2.42. The van der Waals surface area contributed by atoms with E-state index in [1.54, 1.807) is 53.7 Å². The second-order valence-electron chi connectivity index (χ2n) is 14.0. The van der Waals surface area contributed by atoms with E-state index < -0.39 is 108 Å². The Bertz CT molecular complexity index is 1070. The van der Waals surface area contributed by atoms with Crippen molar-refractivity contribution in [3.05, 3.63) is 23.8 Å². The molecule has 17 atom stereocenters. The molecule has 0 aliphatic carbocycles. The molecule has 1 fully saturated rings. The summed E-state index contributed by atoms with van der Waals surface area (Å²) in [6.07, 6.45) is -6.96. The minimum atomic E-state index is -1.62. The van der Waals surface area contributed by atoms with Crippen LogP contribution in [0.4, 0.5) is 0 Å². The second-order valence-corrected chi connectivity index (χ2v) is 14.5. The maximum absolute atomic E-state index is 13.1. The first-order valence-electron chi connectivity index (χ1n) is 16.6. The van der Waals surface area contributed by atoms with Crippen molar-refractivity contribution in [3.63, 3.8) is 0 Å². The minimum Gasteiger partial charge on any atom is -0.459 e. The Morgan fingerprint density at radius 3 is 2.19 bits per heavy atom. The van der Waals surface area contributed by atoms with Gasteiger partial charge < -0.3 is 50.3 Å². The predicted octanol–water partition coefficient (Wildman–Crippen LogP) is 0.864. The van der Waals surface area contributed by atoms with Crippen molar-refractivity contribution >= 4 is 23.4 Å². The van der Waals surface area contributed by atoms with Gasteiger partial charge in [0, 0.05) is 18.3 Å². The molecular formula is C34H57ClO12. The van der Waals surface area contributed by atoms with Gasteiger partial charge in [-0.1, -0.05) is 52.8 Å². The summed E-state index contributed by atoms with van der Waals surface area (Å²) in [5.41, 5.74) is 0.543. The fourth-order valence-corrected chi connectivity index (χ4v) is 6.71. The van der Waals surface area contributed by atoms with Gasteiger partial charge in [0.1, 0.15) is 30.5 Å². The van der Waals surface area contributed by atoms with Crippen molar-refractivity contribution in [2.24, 2.45) is 35.5 Å². The number of carbonyl (C=O) groups is 2. The van der Waals surface area contributed by atoms with Crippen LogP contribution in [0.15, 0.2) is 23.8 Å². The van der Waals surface area contributed by atoms with E-state index in [2.05, 4.69) is 0 Å². The lowest BCUT2D eigenvalue weighted by atomic mass is 9.83. The normalized spacial score (nSPS) is 37.1. The van der Waals surface area contributed by atoms with Gasteiger partial charge in [0.2, 0.25) is 0 Å². The number of alkyl halides is 1. The molecule has 0 aromatic rings. The summed E-state index contributed by atoms with van der Waals surface area (Å²) >= 11 is 6.13. The molecule has 2 rings (SSSR count). The molecule has 0 saturated carbocycles. The van der Waals surface area contributed by atoms with Crippen LogP contribution in [0.5, 0.6) is 0 Å². The van der Waals surface area contributed by atoms with Gasteiger partial charge in [0.05, 0.1) is 48.4 Å². The van der Waals surface area contributed by atoms with Crippen molar-refractivity contribution in [2.45, 2.75) is 134 Å². The highest BCUT2D eigenvalue weighted by molar-refractivity contribution is 6.21. The number of ketones is 1. The lowest BCUT2D eigenvalue weighted by Gasteiger charge is -2.31. The molecule has 0 radical (unpaired) electrons. The van der Waals surface area contributed by atoms with Crippen LogP contribution < -0.4 is 0 Å². The summed E-state index contributed by atoms with van der Waals surface area (Å²) < 4.78 is 11.6. The Labute approximate surface area is 283 Å². The second kappa shape index (κ2) is 18.5. The molecule has 272 valence electrons. The number of fused-ring (bicyclic) bond motifs is 2. The maximum atomic E-state index is 13.1. The zero-order valence-electron chi connectivity index (χ0n) is 28.5. The van der Waals surface area contributed by atoms with E-state index >= 15 is 0 Å². The van der Waals surface area contributed by atoms with Crippen LogP contribution >= 0.6 is 11.6 Å². The third-order valence-corrected chi connectivity index (χ3v) is 10.4. The first-order chi connectivity index (χ1) is 21.8. The summed E-state index contributed by atoms with van der Waals surface area (Å²) in [6.45, 7) is 11.1. The fraction of sp³-hybridized carbons (Fsp3) is 0.824. The predicted molar refractivity (Wildman–Crippen MR) is 174 cm³/mol. The summed E-state index contributed by atoms with van der Waals surface area (Å²) in [5.74, 6) is -5.04. The molecule has 0 spiro atoms. The number of hydrogen-bond acceptors (Lipinski definition) is 12. The van der Waals surface area contributed by atoms with Gasteiger partial charge in [-0.05, 0) is 50.0 Å². The average molecular weight is 693 g/mol. The highest BCUT2D eigenvalue weighted by atomic mass is 35.5. The molecule has 2 aliphatic rings. The van der Waals surface area contributed by atoms with Crippen molar-refractivity contribution in [1.82, 2.24) is 0 Å². The van der Waals surface area contributed by atoms with Crippen LogP contribution in [0.3, 0.4) is 0 Å². The third kappa shape index (κ3) is 11.0. The molecule has 2 aliphatic heterocycles. The Morgan fingerprint density at radius 1 is 0.979 bits per heavy atom. The highest BCUT2D eigenvalue weighted by Gasteiger charge is 2.47. The molecule has 0 amide bonds. The smallest absolute Gasteiger partial charge is 0.312 e. The van der Waals surface area contributed by atoms with Crippen molar-refractivity contribution in [2.75, 3.05) is 6.61 Å². The number of ether oxygens (including phenoxy) is 2. The van der Waals surface area contributed by atoms with Gasteiger partial charge in [-0.2, -0.15) is 0 Å². The first-order valence-corrected chi connectivity index (χ1v) is 17.0. The Kier molecular flexibility index (Phi) is 16.4. The zero-order valence-corrected chi connectivity index (χ0v) is 29.2. The number of halogens is 1. The number of allylic oxidation sites excluding steroid dienone is 2. The quantitative estimate of drug-likeness (QED) is 0.0813. The summed E-state index contributed by atoms with van der Waals surface area (Å²) in [5, 5.41) is 83.4. The number of rotatable bonds is 12. The molecule has 47 heavy (non-hydrogen) atoms. The number of Topliss-reactive ketones (excluding diaryl/α,β-unsaturated/α-hetero) is 1. The van der Waals surface area contributed by atoms with Crippen LogP contribution in [-0.4, -0.2) is 126 Å². The molecular weight excluding hydrogens is 636 g/mol. The van der Waals surface area contributed by atoms with Gasteiger partial charge in [0.15, 0.2) is 5.78 Å². The largest absolute Gasteiger partial charge is 0.459 e. The molecule has 1 saturated heterocycles. The number of carbonyl (C=O) groups excluding carboxylic acids is 2. The number of aliphatic hydroxyl groups excluding tert-OH is 8. The number of aliphatic hydroxyl groups is 8. The van der Waals surface area contributed by atoms with Gasteiger partial charge >= 0.3 is 5.97 Å². The van der Waals surface area contributed by atoms with Crippen LogP contribution in [0.25, 0.3) is 0 Å². The Morgan fingerprint density at radius 2 is 1.60 bits per heavy atom. The molecule has 0 aromatic carbocycles. The van der Waals surface area contributed by atoms with Crippen LogP contribution in [0.2, 0.25) is 0 Å². The van der Waals surface area contributed by atoms with Crippen molar-refractivity contribution in [3.8, 4) is 0 Å². The lowest BCUT2D eigenvalue weighted by molar-refractivity contribution is -0.167. The SMILES string of the molecule is C/C(=C\[C@H](C)C[C@H](O)[C@@H]1O[C@H]2C[C@H]1OC(=O)[C@@H](C)[C@H](O)C(=O)C(C)[C@H](C)/C=C/[C@H](O)[C@@H]2O)[C@H](O)[C@@H](C)[C@@H](O)[C@H](C)C[C@H](Cl)[C@@H](O)CO. The van der Waals surface area contributed by atoms with Gasteiger partial charge in [-0.15, -0.1) is 11.6 Å². The topological polar surface area (TPSA) is 214 Å². The fourth-order valence-electron chi connectivity index (χ4n) is 6.35. The van der Waals surface area contributed by atoms with Crippen molar-refractivity contribution < 1.29 is 59.9 Å². The van der Waals surface area contributed by atoms with Crippen molar-refractivity contribution in [1.29, 1.82) is 0 Å². The standard InChI is InChI=1S/C34H57ClO12/c1-15(10-17(3)28(40)20(6)29(41)18(4)12-22(35)25(39)14-36)11-24(38)33-27-13-26(46-33)32(44)23(37)9-8-16(2)19(5)30(42)31(43)21(7)34(45)47-27/h8-10,15-16,18-29,31-33,36-41,43-44H,11-14H2,1-7H3/b9-8+,17-10+/t15-,16+,18+,19?,20+,21-,22-,23-,24-,25-,26-,27+,28-,29-,31-,32-,33-/m0/s1. The molecule has 2 heterocycles. The summed E-state index contributed by atoms with van der Waals surface area (Å²) in [7, 11) is 0. The average Bonchev–Trinajstić information content (AvgIpc) is 3.46. The monoisotopic (exact) mass is 692 g/mol. The maximum Gasteiger partial charge on any atom is 0.312 e. The van der Waals surface area contributed by atoms with E-state index in [0.29, 0.717) is 5.57 Å². The third-order valence-electron chi connectivity index (χ3n) is 9.98. The van der Waals surface area contributed by atoms with Gasteiger partial charge in [-0.3, -0.25) is 9.59 Å². The first kappa shape index (κ1) is 41.7. The van der Waals surface area contributed by atoms with E-state index in [0.717, 1.165) is 0 Å². The van der Waals surface area contributed by atoms with Crippen LogP contribution in [0, 0.1) is 35.5 Å². The van der Waals surface area contributed by atoms with E-state index in [4.69, 9.17) is 26.2 Å². The molecule has 1 unspecified atom stereocenters. The molecule has 0 aromatic heterocycles. The molecule has 2 bridgehead atoms. The van der Waals surface area contributed by atoms with E-state index in [1.165, 1.54) is 13.0 Å². The van der Waals surface area contributed by atoms with Crippen LogP contribution in [0.1, 0.15) is 67.7 Å². The minimum absolute atomic E-state index is 0.0453. The number of esters is 1. The van der Waals surface area contributed by atoms with E-state index in [9.17, 15) is 45.3 Å². The van der Waals surface area contributed by atoms with E-state index in [-0.39, 0.29) is 31.1 Å². The number of hydrogen-bond donors (Lipinski definition) is 8. The van der Waals surface area contributed by atoms with Gasteiger partial charge in [-0.25, -0.2) is 0 Å². The Balaban J connectivity index is 2.19.